The highest BCUT2D eigenvalue weighted by atomic mass is 32.4. The van der Waals surface area contributed by atoms with Crippen LogP contribution >= 0.6 is 22.0 Å². The lowest BCUT2D eigenvalue weighted by molar-refractivity contribution is 0.242. The van der Waals surface area contributed by atoms with Crippen molar-refractivity contribution in [2.45, 2.75) is 39.1 Å². The highest BCUT2D eigenvalue weighted by Gasteiger charge is 2.25. The molecule has 0 bridgehead atoms. The fourth-order valence-corrected chi connectivity index (χ4v) is 6.26. The van der Waals surface area contributed by atoms with Crippen molar-refractivity contribution in [1.29, 1.82) is 0 Å². The van der Waals surface area contributed by atoms with Crippen molar-refractivity contribution in [1.82, 2.24) is 9.68 Å². The van der Waals surface area contributed by atoms with E-state index in [0.29, 0.717) is 12.2 Å². The van der Waals surface area contributed by atoms with Gasteiger partial charge in [0.25, 0.3) is 0 Å². The molecule has 11 nitrogen and oxygen atoms in total. The molecule has 0 fully saturated rings. The van der Waals surface area contributed by atoms with Crippen LogP contribution in [0.5, 0.6) is 11.5 Å². The van der Waals surface area contributed by atoms with Crippen molar-refractivity contribution in [2.24, 2.45) is 5.10 Å². The highest BCUT2D eigenvalue weighted by molar-refractivity contribution is 8.04. The van der Waals surface area contributed by atoms with Gasteiger partial charge in [0.2, 0.25) is 0 Å². The van der Waals surface area contributed by atoms with Crippen molar-refractivity contribution < 1.29 is 38.2 Å². The summed E-state index contributed by atoms with van der Waals surface area (Å²) < 4.78 is 36.0. The fourth-order valence-electron chi connectivity index (χ4n) is 3.36. The Morgan fingerprint density at radius 1 is 0.921 bits per heavy atom. The summed E-state index contributed by atoms with van der Waals surface area (Å²) in [5.74, 6) is 1.13. The Balaban J connectivity index is 1.90. The van der Waals surface area contributed by atoms with E-state index in [2.05, 4.69) is 5.10 Å². The lowest BCUT2D eigenvalue weighted by Crippen LogP contribution is -2.28. The van der Waals surface area contributed by atoms with Crippen LogP contribution in [0.3, 0.4) is 0 Å². The van der Waals surface area contributed by atoms with Crippen LogP contribution < -0.4 is 9.47 Å². The van der Waals surface area contributed by atoms with Crippen molar-refractivity contribution in [3.05, 3.63) is 59.7 Å². The van der Waals surface area contributed by atoms with E-state index in [1.54, 1.807) is 35.3 Å². The zero-order valence-electron chi connectivity index (χ0n) is 21.7. The maximum Gasteiger partial charge on any atom is 0.339 e. The van der Waals surface area contributed by atoms with Crippen molar-refractivity contribution in [2.75, 3.05) is 26.2 Å². The van der Waals surface area contributed by atoms with E-state index in [1.165, 1.54) is 0 Å². The van der Waals surface area contributed by atoms with Gasteiger partial charge in [-0.3, -0.25) is 18.8 Å². The van der Waals surface area contributed by atoms with Gasteiger partial charge in [0.1, 0.15) is 29.9 Å². The molecule has 0 saturated heterocycles. The first-order chi connectivity index (χ1) is 17.6. The van der Waals surface area contributed by atoms with Gasteiger partial charge >= 0.3 is 15.2 Å². The van der Waals surface area contributed by atoms with Crippen LogP contribution in [0.15, 0.2) is 53.6 Å². The number of nitrogens with zero attached hydrogens (tertiary/aromatic N) is 3. The van der Waals surface area contributed by atoms with E-state index >= 15 is 0 Å². The van der Waals surface area contributed by atoms with Gasteiger partial charge in [-0.1, -0.05) is 23.9 Å². The maximum absolute atomic E-state index is 11.3. The van der Waals surface area contributed by atoms with Gasteiger partial charge in [-0.05, 0) is 74.7 Å². The highest BCUT2D eigenvalue weighted by Crippen LogP contribution is 2.41. The van der Waals surface area contributed by atoms with Gasteiger partial charge in [0, 0.05) is 13.6 Å². The number of hydrazone groups is 1. The second-order valence-electron chi connectivity index (χ2n) is 9.00. The molecule has 4 N–H and O–H groups in total. The molecule has 15 heteroatoms. The number of rotatable bonds is 15. The van der Waals surface area contributed by atoms with Crippen LogP contribution in [-0.2, 0) is 27.4 Å². The second-order valence-corrected chi connectivity index (χ2v) is 15.6. The van der Waals surface area contributed by atoms with Gasteiger partial charge < -0.3 is 29.0 Å². The lowest BCUT2D eigenvalue weighted by atomic mass is 10.1. The third kappa shape index (κ3) is 13.0. The first-order valence-corrected chi connectivity index (χ1v) is 18.0. The van der Waals surface area contributed by atoms with Crippen LogP contribution in [0.2, 0.25) is 0 Å². The Bertz CT molecular complexity index is 1150. The molecule has 0 aromatic heterocycles. The molecule has 0 radical (unpaired) electrons. The molecule has 2 rings (SSSR count). The van der Waals surface area contributed by atoms with Gasteiger partial charge in [-0.2, -0.15) is 5.10 Å². The van der Waals surface area contributed by atoms with Gasteiger partial charge in [0.15, 0.2) is 0 Å². The quantitative estimate of drug-likeness (QED) is 0.133. The summed E-state index contributed by atoms with van der Waals surface area (Å²) in [5.41, 5.74) is 1.74. The third-order valence-corrected chi connectivity index (χ3v) is 9.91. The molecule has 0 saturated carbocycles. The molecular formula is C23H36N3O8P3S. The predicted molar refractivity (Wildman–Crippen MR) is 154 cm³/mol. The third-order valence-electron chi connectivity index (χ3n) is 5.02. The normalized spacial score (nSPS) is 14.2. The molecule has 0 heterocycles. The monoisotopic (exact) mass is 607 g/mol. The van der Waals surface area contributed by atoms with Gasteiger partial charge in [-0.25, -0.2) is 0 Å². The largest absolute Gasteiger partial charge is 0.491 e. The minimum atomic E-state index is -4.46. The van der Waals surface area contributed by atoms with E-state index < -0.39 is 34.6 Å². The molecule has 38 heavy (non-hydrogen) atoms. The van der Waals surface area contributed by atoms with E-state index in [1.807, 2.05) is 52.1 Å². The van der Waals surface area contributed by atoms with Gasteiger partial charge in [0.05, 0.1) is 19.2 Å². The standard InChI is InChI=1S/C23H36N3O8P3S/c1-18(2)33-22-11-7-21(8-12-22)15-24-25(4)35(38)19(3)34-23-9-5-20(6-10-23)13-14-26(16-36(27,28)29)17-37(30,31)32/h5-12,15,18-19,35H,13-14,16-17H2,1-4H3,(H2,27,28,29)(H2,30,31,32). The predicted octanol–water partition coefficient (Wildman–Crippen LogP) is 3.87. The topological polar surface area (TPSA) is 152 Å². The van der Waals surface area contributed by atoms with Crippen molar-refractivity contribution >= 4 is 40.1 Å². The Hall–Kier alpha value is -1.58. The molecule has 0 aliphatic rings. The summed E-state index contributed by atoms with van der Waals surface area (Å²) in [4.78, 5) is 37.8. The van der Waals surface area contributed by atoms with E-state index in [-0.39, 0.29) is 18.5 Å². The zero-order valence-corrected chi connectivity index (χ0v) is 25.4. The maximum atomic E-state index is 11.3. The molecule has 0 spiro atoms. The van der Waals surface area contributed by atoms with Crippen LogP contribution in [-0.4, -0.2) is 73.6 Å². The summed E-state index contributed by atoms with van der Waals surface area (Å²) in [5, 5.41) is 4.47. The summed E-state index contributed by atoms with van der Waals surface area (Å²) >= 11 is 5.68. The van der Waals surface area contributed by atoms with Crippen LogP contribution in [0.25, 0.3) is 0 Å². The van der Waals surface area contributed by atoms with E-state index in [9.17, 15) is 28.7 Å². The first-order valence-electron chi connectivity index (χ1n) is 11.8. The average molecular weight is 608 g/mol. The summed E-state index contributed by atoms with van der Waals surface area (Å²) in [6.07, 6.45) is 0.728. The van der Waals surface area contributed by atoms with E-state index in [0.717, 1.165) is 21.8 Å². The van der Waals surface area contributed by atoms with Crippen LogP contribution in [0.4, 0.5) is 0 Å². The Morgan fingerprint density at radius 2 is 1.42 bits per heavy atom. The number of ether oxygens (including phenoxy) is 2. The Morgan fingerprint density at radius 3 is 1.92 bits per heavy atom. The summed E-state index contributed by atoms with van der Waals surface area (Å²) in [6.45, 7) is 4.32. The molecule has 2 atom stereocenters. The molecule has 212 valence electrons. The first kappa shape index (κ1) is 32.6. The SMILES string of the molecule is CC(C)Oc1ccc(C=NN(C)[PH](=S)C(C)Oc2ccc(CCN(CP(=O)(O)O)CP(=O)(O)O)cc2)cc1. The van der Waals surface area contributed by atoms with E-state index in [4.69, 9.17) is 21.3 Å². The van der Waals surface area contributed by atoms with Crippen molar-refractivity contribution in [3.63, 3.8) is 0 Å². The molecule has 0 amide bonds. The Labute approximate surface area is 229 Å². The van der Waals surface area contributed by atoms with Gasteiger partial charge in [-0.15, -0.1) is 0 Å². The molecule has 2 aromatic rings. The fraction of sp³-hybridized carbons (Fsp3) is 0.435. The molecule has 2 aromatic carbocycles. The minimum absolute atomic E-state index is 0.0718. The number of benzene rings is 2. The Kier molecular flexibility index (Phi) is 12.6. The van der Waals surface area contributed by atoms with Crippen LogP contribution in [0.1, 0.15) is 31.9 Å². The average Bonchev–Trinajstić information content (AvgIpc) is 2.80. The number of hydrogen-bond acceptors (Lipinski definition) is 7. The van der Waals surface area contributed by atoms with Crippen molar-refractivity contribution in [3.8, 4) is 11.5 Å². The number of hydrogen-bond donors (Lipinski definition) is 4. The smallest absolute Gasteiger partial charge is 0.339 e. The second kappa shape index (κ2) is 14.7. The summed E-state index contributed by atoms with van der Waals surface area (Å²) in [6, 6.07) is 14.7. The van der Waals surface area contributed by atoms with Crippen LogP contribution in [0, 0.1) is 0 Å². The molecule has 0 aliphatic heterocycles. The molecule has 2 unspecified atom stereocenters. The minimum Gasteiger partial charge on any atom is -0.491 e. The molecule has 0 aliphatic carbocycles. The summed E-state index contributed by atoms with van der Waals surface area (Å²) in [7, 11) is -7.11. The zero-order chi connectivity index (χ0) is 28.5. The lowest BCUT2D eigenvalue weighted by Gasteiger charge is -2.23. The molecular weight excluding hydrogens is 571 g/mol.